The molecule has 2 aromatic rings. The molecule has 3 rings (SSSR count). The molecule has 4 unspecified atom stereocenters. The van der Waals surface area contributed by atoms with Crippen molar-refractivity contribution in [1.82, 2.24) is 5.32 Å². The van der Waals surface area contributed by atoms with Gasteiger partial charge in [0.15, 0.2) is 0 Å². The van der Waals surface area contributed by atoms with Crippen LogP contribution in [0.3, 0.4) is 0 Å². The number of piperidine rings is 1. The highest BCUT2D eigenvalue weighted by atomic mass is 35.5. The molecule has 1 fully saturated rings. The van der Waals surface area contributed by atoms with Crippen molar-refractivity contribution in [2.45, 2.75) is 38.0 Å². The van der Waals surface area contributed by atoms with Gasteiger partial charge < -0.3 is 10.4 Å². The van der Waals surface area contributed by atoms with E-state index in [0.29, 0.717) is 6.42 Å². The average Bonchev–Trinajstić information content (AvgIpc) is 2.51. The molecule has 1 aliphatic rings. The van der Waals surface area contributed by atoms with Crippen molar-refractivity contribution in [3.05, 3.63) is 71.3 Å². The van der Waals surface area contributed by atoms with Crippen molar-refractivity contribution in [2.24, 2.45) is 5.92 Å². The zero-order valence-corrected chi connectivity index (χ0v) is 14.5. The molecule has 2 aromatic carbocycles. The van der Waals surface area contributed by atoms with Gasteiger partial charge in [0.05, 0.1) is 5.60 Å². The molecule has 1 aliphatic heterocycles. The highest BCUT2D eigenvalue weighted by Gasteiger charge is 2.42. The molecule has 0 radical (unpaired) electrons. The van der Waals surface area contributed by atoms with Crippen molar-refractivity contribution in [1.29, 1.82) is 0 Å². The molecule has 0 bridgehead atoms. The summed E-state index contributed by atoms with van der Waals surface area (Å²) in [5.74, 6) is -0.594. The number of nitrogens with one attached hydrogen (secondary N) is 1. The third-order valence-corrected chi connectivity index (χ3v) is 4.98. The maximum Gasteiger partial charge on any atom is 0.123 e. The molecule has 2 nitrogen and oxygen atoms in total. The Kier molecular flexibility index (Phi) is 5.63. The number of hydrogen-bond donors (Lipinski definition) is 2. The highest BCUT2D eigenvalue weighted by Crippen LogP contribution is 2.42. The summed E-state index contributed by atoms with van der Waals surface area (Å²) in [7, 11) is 0. The Morgan fingerprint density at radius 3 is 1.92 bits per heavy atom. The lowest BCUT2D eigenvalue weighted by molar-refractivity contribution is -0.0526. The van der Waals surface area contributed by atoms with E-state index in [2.05, 4.69) is 5.32 Å². The summed E-state index contributed by atoms with van der Waals surface area (Å²) < 4.78 is 26.3. The molecule has 0 aliphatic carbocycles. The fraction of sp³-hybridized carbons (Fsp3) is 0.368. The van der Waals surface area contributed by atoms with Gasteiger partial charge >= 0.3 is 0 Å². The maximum atomic E-state index is 13.2. The van der Waals surface area contributed by atoms with E-state index in [1.54, 1.807) is 24.3 Å². The minimum atomic E-state index is -0.872. The zero-order chi connectivity index (χ0) is 16.6. The molecule has 130 valence electrons. The molecule has 1 saturated heterocycles. The highest BCUT2D eigenvalue weighted by molar-refractivity contribution is 5.85. The summed E-state index contributed by atoms with van der Waals surface area (Å²) in [4.78, 5) is 0. The van der Waals surface area contributed by atoms with Gasteiger partial charge in [0, 0.05) is 18.0 Å². The van der Waals surface area contributed by atoms with Gasteiger partial charge in [-0.1, -0.05) is 31.2 Å². The topological polar surface area (TPSA) is 32.3 Å². The van der Waals surface area contributed by atoms with Crippen LogP contribution in [0.15, 0.2) is 48.5 Å². The normalized spacial score (nSPS) is 29.8. The number of rotatable bonds is 2. The van der Waals surface area contributed by atoms with Crippen LogP contribution in [-0.2, 0) is 0 Å². The van der Waals surface area contributed by atoms with Gasteiger partial charge in [-0.3, -0.25) is 0 Å². The summed E-state index contributed by atoms with van der Waals surface area (Å²) in [6, 6.07) is 12.5. The van der Waals surface area contributed by atoms with E-state index in [1.165, 1.54) is 24.3 Å². The number of benzene rings is 2. The van der Waals surface area contributed by atoms with Crippen LogP contribution in [-0.4, -0.2) is 10.7 Å². The van der Waals surface area contributed by atoms with Crippen LogP contribution in [0.2, 0.25) is 0 Å². The van der Waals surface area contributed by atoms with Crippen molar-refractivity contribution < 1.29 is 13.9 Å². The van der Waals surface area contributed by atoms with Crippen molar-refractivity contribution in [3.8, 4) is 0 Å². The number of hydrogen-bond acceptors (Lipinski definition) is 2. The Hall–Kier alpha value is -1.49. The molecule has 24 heavy (non-hydrogen) atoms. The molecular weight excluding hydrogens is 332 g/mol. The lowest BCUT2D eigenvalue weighted by Crippen LogP contribution is -2.50. The van der Waals surface area contributed by atoms with Crippen LogP contribution in [0.4, 0.5) is 8.78 Å². The summed E-state index contributed by atoms with van der Waals surface area (Å²) in [5.41, 5.74) is 1.00. The van der Waals surface area contributed by atoms with E-state index in [0.717, 1.165) is 11.1 Å². The van der Waals surface area contributed by atoms with Crippen LogP contribution < -0.4 is 5.32 Å². The minimum Gasteiger partial charge on any atom is -0.390 e. The first kappa shape index (κ1) is 18.8. The van der Waals surface area contributed by atoms with Gasteiger partial charge in [0.2, 0.25) is 0 Å². The smallest absolute Gasteiger partial charge is 0.123 e. The van der Waals surface area contributed by atoms with Crippen molar-refractivity contribution in [2.75, 3.05) is 0 Å². The largest absolute Gasteiger partial charge is 0.390 e. The first-order chi connectivity index (χ1) is 10.9. The lowest BCUT2D eigenvalue weighted by Gasteiger charge is -2.46. The molecule has 5 heteroatoms. The molecule has 0 amide bonds. The number of halogens is 3. The molecule has 0 spiro atoms. The van der Waals surface area contributed by atoms with Gasteiger partial charge in [-0.05, 0) is 48.7 Å². The first-order valence-electron chi connectivity index (χ1n) is 7.86. The molecular formula is C19H22ClF2NO. The quantitative estimate of drug-likeness (QED) is 0.830. The second kappa shape index (κ2) is 7.18. The van der Waals surface area contributed by atoms with Crippen molar-refractivity contribution >= 4 is 12.4 Å². The van der Waals surface area contributed by atoms with E-state index in [4.69, 9.17) is 0 Å². The van der Waals surface area contributed by atoms with E-state index in [-0.39, 0.29) is 42.0 Å². The Morgan fingerprint density at radius 1 is 0.958 bits per heavy atom. The fourth-order valence-corrected chi connectivity index (χ4v) is 3.34. The predicted molar refractivity (Wildman–Crippen MR) is 93.1 cm³/mol. The average molecular weight is 354 g/mol. The van der Waals surface area contributed by atoms with Crippen LogP contribution in [0.5, 0.6) is 0 Å². The minimum absolute atomic E-state index is 0. The summed E-state index contributed by atoms with van der Waals surface area (Å²) in [6.07, 6.45) is 0.539. The summed E-state index contributed by atoms with van der Waals surface area (Å²) in [6.45, 7) is 3.81. The van der Waals surface area contributed by atoms with Gasteiger partial charge in [-0.2, -0.15) is 0 Å². The summed E-state index contributed by atoms with van der Waals surface area (Å²) >= 11 is 0. The SMILES string of the molecule is CC1C(c2ccc(F)cc2)NC(c2ccc(F)cc2)CC1(C)O.Cl. The van der Waals surface area contributed by atoms with E-state index >= 15 is 0 Å². The number of aliphatic hydroxyl groups is 1. The third-order valence-electron chi connectivity index (χ3n) is 4.98. The Morgan fingerprint density at radius 2 is 1.42 bits per heavy atom. The second-order valence-electron chi connectivity index (χ2n) is 6.65. The fourth-order valence-electron chi connectivity index (χ4n) is 3.34. The third kappa shape index (κ3) is 3.77. The maximum absolute atomic E-state index is 13.2. The second-order valence-corrected chi connectivity index (χ2v) is 6.65. The predicted octanol–water partition coefficient (Wildman–Crippen LogP) is 4.55. The van der Waals surface area contributed by atoms with Gasteiger partial charge in [0.1, 0.15) is 11.6 Å². The van der Waals surface area contributed by atoms with Crippen molar-refractivity contribution in [3.63, 3.8) is 0 Å². The van der Waals surface area contributed by atoms with Gasteiger partial charge in [0.25, 0.3) is 0 Å². The van der Waals surface area contributed by atoms with E-state index < -0.39 is 5.60 Å². The molecule has 0 saturated carbocycles. The Balaban J connectivity index is 0.00000208. The van der Waals surface area contributed by atoms with E-state index in [1.807, 2.05) is 13.8 Å². The Labute approximate surface area is 147 Å². The molecule has 0 aromatic heterocycles. The standard InChI is InChI=1S/C19H21F2NO.ClH/c1-12-18(14-5-9-16(21)10-6-14)22-17(11-19(12,2)23)13-3-7-15(20)8-4-13;/h3-10,12,17-18,22-23H,11H2,1-2H3;1H. The first-order valence-corrected chi connectivity index (χ1v) is 7.86. The lowest BCUT2D eigenvalue weighted by atomic mass is 9.73. The van der Waals surface area contributed by atoms with Crippen LogP contribution in [0.1, 0.15) is 43.5 Å². The van der Waals surface area contributed by atoms with Crippen LogP contribution in [0, 0.1) is 17.6 Å². The van der Waals surface area contributed by atoms with Crippen LogP contribution in [0.25, 0.3) is 0 Å². The monoisotopic (exact) mass is 353 g/mol. The Bertz CT molecular complexity index is 673. The van der Waals surface area contributed by atoms with Gasteiger partial charge in [-0.25, -0.2) is 8.78 Å². The summed E-state index contributed by atoms with van der Waals surface area (Å²) in [5, 5.41) is 14.4. The van der Waals surface area contributed by atoms with Crippen LogP contribution >= 0.6 is 12.4 Å². The molecule has 1 heterocycles. The molecule has 4 atom stereocenters. The molecule has 2 N–H and O–H groups in total. The zero-order valence-electron chi connectivity index (χ0n) is 13.7. The van der Waals surface area contributed by atoms with E-state index in [9.17, 15) is 13.9 Å². The van der Waals surface area contributed by atoms with Gasteiger partial charge in [-0.15, -0.1) is 12.4 Å².